The lowest BCUT2D eigenvalue weighted by Crippen LogP contribution is -2.53. The molecule has 9 rings (SSSR count). The number of aromatic nitrogens is 4. The molecule has 11 atom stereocenters. The number of amides is 2. The zero-order valence-electron chi connectivity index (χ0n) is 48.1. The van der Waals surface area contributed by atoms with Crippen molar-refractivity contribution in [2.75, 3.05) is 55.6 Å². The predicted octanol–water partition coefficient (Wildman–Crippen LogP) is 5.89. The molecule has 1 N–H and O–H groups in total. The molecule has 6 fully saturated rings. The second-order valence-corrected chi connectivity index (χ2v) is 26.9. The SMILES string of the molecule is CC(C)OC(=O)N1[C@H](C)C[C@H](NS(=O)(=O)N(C)C)[C@@H]1COC1CCC2(c3ncccn3)CC2C1.COC[C@H]1[C@@H](N(Cc2ccc(OC)cc2)S(=O)(=O)N(C)C)C[C@@H](C)N1C(=O)OC(C)C.O=C1CCC2(c3ncccn3)CC2C1. The van der Waals surface area contributed by atoms with E-state index < -0.39 is 56.8 Å². The topological polar surface area (TPSA) is 245 Å². The van der Waals surface area contributed by atoms with E-state index in [9.17, 15) is 31.2 Å². The van der Waals surface area contributed by atoms with E-state index >= 15 is 0 Å². The van der Waals surface area contributed by atoms with Crippen LogP contribution in [0.4, 0.5) is 9.59 Å². The Morgan fingerprint density at radius 1 is 0.734 bits per heavy atom. The lowest BCUT2D eigenvalue weighted by molar-refractivity contribution is -0.120. The van der Waals surface area contributed by atoms with Gasteiger partial charge in [0.1, 0.15) is 23.2 Å². The van der Waals surface area contributed by atoms with E-state index in [1.54, 1.807) is 88.6 Å². The molecule has 6 aliphatic rings. The third-order valence-electron chi connectivity index (χ3n) is 16.4. The fourth-order valence-electron chi connectivity index (χ4n) is 12.0. The van der Waals surface area contributed by atoms with Gasteiger partial charge in [-0.3, -0.25) is 14.6 Å². The number of hydrogen-bond acceptors (Lipinski definition) is 16. The van der Waals surface area contributed by atoms with Gasteiger partial charge in [-0.2, -0.15) is 34.5 Å². The molecule has 3 aromatic rings. The number of likely N-dealkylation sites (tertiary alicyclic amines) is 2. The summed E-state index contributed by atoms with van der Waals surface area (Å²) in [6, 6.07) is 8.73. The first-order valence-electron chi connectivity index (χ1n) is 27.5. The molecular weight excluding hydrogens is 1060 g/mol. The van der Waals surface area contributed by atoms with E-state index in [1.807, 2.05) is 38.1 Å². The fourth-order valence-corrected chi connectivity index (χ4v) is 14.2. The minimum absolute atomic E-state index is 0.0642. The van der Waals surface area contributed by atoms with E-state index in [1.165, 1.54) is 36.8 Å². The lowest BCUT2D eigenvalue weighted by Gasteiger charge is -2.35. The molecule has 79 heavy (non-hydrogen) atoms. The quantitative estimate of drug-likeness (QED) is 0.156. The normalized spacial score (nSPS) is 29.1. The van der Waals surface area contributed by atoms with Crippen molar-refractivity contribution >= 4 is 38.4 Å². The van der Waals surface area contributed by atoms with Crippen LogP contribution in [0.15, 0.2) is 61.2 Å². The molecule has 2 amide bonds. The lowest BCUT2D eigenvalue weighted by atomic mass is 9.86. The standard InChI is InChI=1S/C23H37N5O5S.C21H35N3O6S.C11H12N2O/c1-15(2)33-22(29)28-16(3)11-19(26-34(30,31)27(4)5)20(28)14-32-18-7-8-23(13-17(23)12-18)21-24-9-6-10-25-21;1-15(2)30-21(25)24-16(3)12-19(20(24)14-28-6)23(31(26,27)22(4)5)13-17-8-10-18(29-7)11-9-17;14-9-2-3-11(7-8(11)6-9)10-12-4-1-5-13-10/h6,9-10,15-20,26H,7-8,11-14H2,1-5H3;8-11,15-16,19-20H,12-14H2,1-7H3;1,4-5,8H,2-3,6-7H2/t16-,17?,18?,19+,20+,23?;16-,19+,20+;/m11./s1. The average Bonchev–Trinajstić information content (AvgIpc) is 4.02. The van der Waals surface area contributed by atoms with Crippen LogP contribution in [-0.4, -0.2) is 188 Å². The zero-order chi connectivity index (χ0) is 57.6. The highest BCUT2D eigenvalue weighted by atomic mass is 32.2. The van der Waals surface area contributed by atoms with Crippen LogP contribution in [0.25, 0.3) is 0 Å². The van der Waals surface area contributed by atoms with Gasteiger partial charge in [-0.25, -0.2) is 29.5 Å². The van der Waals surface area contributed by atoms with Crippen LogP contribution in [0.2, 0.25) is 0 Å². The van der Waals surface area contributed by atoms with Crippen LogP contribution in [0.3, 0.4) is 0 Å². The molecule has 0 radical (unpaired) electrons. The first-order chi connectivity index (χ1) is 37.4. The maximum absolute atomic E-state index is 13.3. The summed E-state index contributed by atoms with van der Waals surface area (Å²) in [5.41, 5.74) is 1.08. The second kappa shape index (κ2) is 25.9. The highest BCUT2D eigenvalue weighted by molar-refractivity contribution is 7.87. The Labute approximate surface area is 468 Å². The van der Waals surface area contributed by atoms with Crippen molar-refractivity contribution in [2.24, 2.45) is 11.8 Å². The number of carbonyl (C=O) groups is 3. The molecule has 0 spiro atoms. The number of fused-ring (bicyclic) bond motifs is 2. The average molecular weight is 1140 g/mol. The van der Waals surface area contributed by atoms with E-state index in [4.69, 9.17) is 23.7 Å². The van der Waals surface area contributed by atoms with Gasteiger partial charge in [0.2, 0.25) is 0 Å². The van der Waals surface area contributed by atoms with E-state index in [0.29, 0.717) is 36.2 Å². The molecule has 2 aromatic heterocycles. The number of nitrogens with zero attached hydrogens (tertiary/aromatic N) is 9. The molecule has 5 unspecified atom stereocenters. The molecule has 24 heteroatoms. The van der Waals surface area contributed by atoms with Crippen molar-refractivity contribution in [3.8, 4) is 5.75 Å². The smallest absolute Gasteiger partial charge is 0.410 e. The molecule has 1 aromatic carbocycles. The van der Waals surface area contributed by atoms with Gasteiger partial charge in [-0.05, 0) is 135 Å². The third-order valence-corrected chi connectivity index (χ3v) is 19.8. The molecule has 0 bridgehead atoms. The van der Waals surface area contributed by atoms with Crippen molar-refractivity contribution in [1.29, 1.82) is 0 Å². The summed E-state index contributed by atoms with van der Waals surface area (Å²) >= 11 is 0. The largest absolute Gasteiger partial charge is 0.497 e. The Kier molecular flexibility index (Phi) is 20.2. The van der Waals surface area contributed by atoms with Gasteiger partial charge in [-0.15, -0.1) is 0 Å². The summed E-state index contributed by atoms with van der Waals surface area (Å²) in [6.07, 6.45) is 14.2. The predicted molar refractivity (Wildman–Crippen MR) is 295 cm³/mol. The van der Waals surface area contributed by atoms with Crippen molar-refractivity contribution in [1.82, 2.24) is 47.4 Å². The van der Waals surface area contributed by atoms with Gasteiger partial charge in [0.25, 0.3) is 20.4 Å². The molecule has 4 heterocycles. The number of ketones is 1. The number of Topliss-reactive ketones (excluding diaryl/α,β-unsaturated/α-hetero) is 1. The first-order valence-corrected chi connectivity index (χ1v) is 30.4. The number of carbonyl (C=O) groups excluding carboxylic acids is 3. The number of nitrogens with one attached hydrogen (secondary N) is 1. The Hall–Kier alpha value is -4.95. The molecule has 4 aliphatic carbocycles. The fraction of sp³-hybridized carbons (Fsp3) is 0.691. The highest BCUT2D eigenvalue weighted by Crippen LogP contribution is 2.62. The second-order valence-electron chi connectivity index (χ2n) is 22.9. The summed E-state index contributed by atoms with van der Waals surface area (Å²) in [4.78, 5) is 57.8. The van der Waals surface area contributed by atoms with E-state index in [0.717, 1.165) is 72.9 Å². The Balaban J connectivity index is 0.000000184. The van der Waals surface area contributed by atoms with Crippen molar-refractivity contribution in [2.45, 2.75) is 178 Å². The number of rotatable bonds is 18. The van der Waals surface area contributed by atoms with Gasteiger partial charge in [0, 0.05) is 108 Å². The van der Waals surface area contributed by atoms with Crippen LogP contribution in [0, 0.1) is 11.8 Å². The van der Waals surface area contributed by atoms with Gasteiger partial charge < -0.3 is 23.7 Å². The van der Waals surface area contributed by atoms with Crippen LogP contribution >= 0.6 is 0 Å². The van der Waals surface area contributed by atoms with Crippen molar-refractivity contribution in [3.05, 3.63) is 78.4 Å². The molecular formula is C55H84N10O12S2. The Morgan fingerprint density at radius 2 is 1.28 bits per heavy atom. The minimum atomic E-state index is -3.78. The van der Waals surface area contributed by atoms with Gasteiger partial charge in [0.15, 0.2) is 0 Å². The van der Waals surface area contributed by atoms with Crippen molar-refractivity contribution < 1.29 is 54.9 Å². The third kappa shape index (κ3) is 14.4. The van der Waals surface area contributed by atoms with Crippen LogP contribution in [0.1, 0.15) is 123 Å². The van der Waals surface area contributed by atoms with Crippen LogP contribution in [-0.2, 0) is 61.5 Å². The van der Waals surface area contributed by atoms with Gasteiger partial charge in [-0.1, -0.05) is 12.1 Å². The highest BCUT2D eigenvalue weighted by Gasteiger charge is 2.61. The molecule has 4 saturated carbocycles. The number of ether oxygens (including phenoxy) is 5. The monoisotopic (exact) mass is 1140 g/mol. The molecule has 22 nitrogen and oxygen atoms in total. The van der Waals surface area contributed by atoms with Crippen LogP contribution in [0.5, 0.6) is 5.75 Å². The summed E-state index contributed by atoms with van der Waals surface area (Å²) < 4.78 is 86.1. The summed E-state index contributed by atoms with van der Waals surface area (Å²) in [6.45, 7) is 11.6. The molecule has 438 valence electrons. The Bertz CT molecular complexity index is 2750. The molecule has 2 aliphatic heterocycles. The summed E-state index contributed by atoms with van der Waals surface area (Å²) in [5.74, 6) is 4.04. The van der Waals surface area contributed by atoms with Gasteiger partial charge >= 0.3 is 12.2 Å². The number of hydrogen-bond donors (Lipinski definition) is 1. The maximum Gasteiger partial charge on any atom is 0.410 e. The first kappa shape index (κ1) is 61.7. The molecule has 2 saturated heterocycles. The Morgan fingerprint density at radius 3 is 1.78 bits per heavy atom. The number of methoxy groups -OCH3 is 2. The van der Waals surface area contributed by atoms with E-state index in [-0.39, 0.29) is 61.0 Å². The zero-order valence-corrected chi connectivity index (χ0v) is 49.7. The maximum atomic E-state index is 13.3. The number of benzene rings is 1. The van der Waals surface area contributed by atoms with Crippen molar-refractivity contribution in [3.63, 3.8) is 0 Å². The minimum Gasteiger partial charge on any atom is -0.497 e. The van der Waals surface area contributed by atoms with Crippen LogP contribution < -0.4 is 9.46 Å². The van der Waals surface area contributed by atoms with Gasteiger partial charge in [0.05, 0.1) is 56.8 Å². The summed E-state index contributed by atoms with van der Waals surface area (Å²) in [7, 11) is 1.66. The summed E-state index contributed by atoms with van der Waals surface area (Å²) in [5, 5.41) is 0. The van der Waals surface area contributed by atoms with E-state index in [2.05, 4.69) is 24.7 Å².